The molecule has 4 rings (SSSR count). The number of carbonyl (C=O) groups excluding carboxylic acids is 1. The Morgan fingerprint density at radius 2 is 1.64 bits per heavy atom. The van der Waals surface area contributed by atoms with E-state index in [-0.39, 0.29) is 13.0 Å². The summed E-state index contributed by atoms with van der Waals surface area (Å²) in [5.41, 5.74) is 2.69. The van der Waals surface area contributed by atoms with Gasteiger partial charge in [0.1, 0.15) is 22.9 Å². The molecule has 1 aromatic heterocycles. The summed E-state index contributed by atoms with van der Waals surface area (Å²) < 4.78 is 16.8. The van der Waals surface area contributed by atoms with Gasteiger partial charge < -0.3 is 19.1 Å². The van der Waals surface area contributed by atoms with Gasteiger partial charge in [0.15, 0.2) is 5.76 Å². The van der Waals surface area contributed by atoms with E-state index in [1.54, 1.807) is 86.6 Å². The van der Waals surface area contributed by atoms with Crippen molar-refractivity contribution >= 4 is 35.0 Å². The Morgan fingerprint density at radius 3 is 2.25 bits per heavy atom. The SMILES string of the molecule is CCOC(=O)N(c1ccccc1Cl)c1c(C)noc1-c1ccc(Oc2ccc(CC(=O)O)cc2)cc1. The number of benzene rings is 3. The highest BCUT2D eigenvalue weighted by Crippen LogP contribution is 2.41. The number of amides is 1. The first-order valence-electron chi connectivity index (χ1n) is 11.1. The van der Waals surface area contributed by atoms with Crippen molar-refractivity contribution in [1.29, 1.82) is 0 Å². The number of aromatic nitrogens is 1. The molecule has 0 bridgehead atoms. The van der Waals surface area contributed by atoms with Crippen LogP contribution in [0.4, 0.5) is 16.2 Å². The predicted octanol–water partition coefficient (Wildman–Crippen LogP) is 7.02. The zero-order chi connectivity index (χ0) is 25.7. The first-order valence-corrected chi connectivity index (χ1v) is 11.5. The van der Waals surface area contributed by atoms with Crippen LogP contribution in [0, 0.1) is 6.92 Å². The van der Waals surface area contributed by atoms with Crippen molar-refractivity contribution in [3.63, 3.8) is 0 Å². The van der Waals surface area contributed by atoms with Crippen molar-refractivity contribution in [2.24, 2.45) is 0 Å². The summed E-state index contributed by atoms with van der Waals surface area (Å²) in [6, 6.07) is 20.9. The average molecular weight is 507 g/mol. The van der Waals surface area contributed by atoms with Gasteiger partial charge in [0.25, 0.3) is 0 Å². The van der Waals surface area contributed by atoms with Crippen LogP contribution in [-0.2, 0) is 16.0 Å². The smallest absolute Gasteiger partial charge is 0.419 e. The van der Waals surface area contributed by atoms with Crippen LogP contribution in [0.15, 0.2) is 77.3 Å². The first kappa shape index (κ1) is 24.8. The number of carboxylic acids is 1. The third kappa shape index (κ3) is 5.50. The highest BCUT2D eigenvalue weighted by molar-refractivity contribution is 6.34. The number of para-hydroxylation sites is 1. The summed E-state index contributed by atoms with van der Waals surface area (Å²) in [5, 5.41) is 13.4. The molecule has 36 heavy (non-hydrogen) atoms. The maximum absolute atomic E-state index is 13.0. The quantitative estimate of drug-likeness (QED) is 0.274. The van der Waals surface area contributed by atoms with Crippen LogP contribution in [-0.4, -0.2) is 28.9 Å². The molecule has 0 radical (unpaired) electrons. The van der Waals surface area contributed by atoms with Gasteiger partial charge in [-0.3, -0.25) is 4.79 Å². The highest BCUT2D eigenvalue weighted by atomic mass is 35.5. The predicted molar refractivity (Wildman–Crippen MR) is 135 cm³/mol. The molecule has 0 saturated heterocycles. The average Bonchev–Trinajstić information content (AvgIpc) is 3.23. The molecule has 0 unspecified atom stereocenters. The summed E-state index contributed by atoms with van der Waals surface area (Å²) >= 11 is 6.42. The van der Waals surface area contributed by atoms with Crippen molar-refractivity contribution < 1.29 is 28.7 Å². The molecule has 1 amide bonds. The van der Waals surface area contributed by atoms with Crippen molar-refractivity contribution in [3.8, 4) is 22.8 Å². The van der Waals surface area contributed by atoms with Crippen LogP contribution < -0.4 is 9.64 Å². The number of nitrogens with zero attached hydrogens (tertiary/aromatic N) is 2. The van der Waals surface area contributed by atoms with E-state index < -0.39 is 12.1 Å². The summed E-state index contributed by atoms with van der Waals surface area (Å²) in [5.74, 6) is 0.610. The third-order valence-corrected chi connectivity index (χ3v) is 5.55. The number of carbonyl (C=O) groups is 2. The van der Waals surface area contributed by atoms with Gasteiger partial charge in [0.2, 0.25) is 0 Å². The van der Waals surface area contributed by atoms with Gasteiger partial charge in [0.05, 0.1) is 23.7 Å². The van der Waals surface area contributed by atoms with E-state index in [0.29, 0.717) is 50.5 Å². The maximum Gasteiger partial charge on any atom is 0.419 e. The van der Waals surface area contributed by atoms with Crippen LogP contribution in [0.2, 0.25) is 5.02 Å². The molecule has 1 heterocycles. The Kier molecular flexibility index (Phi) is 7.56. The summed E-state index contributed by atoms with van der Waals surface area (Å²) in [6.07, 6.45) is -0.658. The number of hydrogen-bond acceptors (Lipinski definition) is 6. The number of hydrogen-bond donors (Lipinski definition) is 1. The number of rotatable bonds is 8. The van der Waals surface area contributed by atoms with Crippen LogP contribution in [0.3, 0.4) is 0 Å². The molecular weight excluding hydrogens is 484 g/mol. The summed E-state index contributed by atoms with van der Waals surface area (Å²) in [7, 11) is 0. The van der Waals surface area contributed by atoms with Gasteiger partial charge in [-0.25, -0.2) is 9.69 Å². The lowest BCUT2D eigenvalue weighted by molar-refractivity contribution is -0.136. The Morgan fingerprint density at radius 1 is 1.00 bits per heavy atom. The van der Waals surface area contributed by atoms with Gasteiger partial charge in [-0.1, -0.05) is 41.0 Å². The van der Waals surface area contributed by atoms with E-state index >= 15 is 0 Å². The molecule has 1 N–H and O–H groups in total. The van der Waals surface area contributed by atoms with Gasteiger partial charge in [0, 0.05) is 5.56 Å². The van der Waals surface area contributed by atoms with Crippen molar-refractivity contribution in [2.75, 3.05) is 11.5 Å². The van der Waals surface area contributed by atoms with Gasteiger partial charge >= 0.3 is 12.1 Å². The topological polar surface area (TPSA) is 102 Å². The minimum absolute atomic E-state index is 0.0507. The Labute approximate surface area is 212 Å². The molecule has 0 fully saturated rings. The molecule has 8 nitrogen and oxygen atoms in total. The molecule has 0 aliphatic heterocycles. The van der Waals surface area contributed by atoms with Gasteiger partial charge in [-0.05, 0) is 67.9 Å². The second-order valence-electron chi connectivity index (χ2n) is 7.77. The molecular formula is C27H23ClN2O6. The molecule has 4 aromatic rings. The molecule has 0 aliphatic rings. The van der Waals surface area contributed by atoms with E-state index in [2.05, 4.69) is 5.16 Å². The van der Waals surface area contributed by atoms with Crippen LogP contribution in [0.5, 0.6) is 11.5 Å². The lowest BCUT2D eigenvalue weighted by Crippen LogP contribution is -2.27. The van der Waals surface area contributed by atoms with E-state index in [9.17, 15) is 9.59 Å². The number of aryl methyl sites for hydroxylation is 1. The normalized spacial score (nSPS) is 10.6. The van der Waals surface area contributed by atoms with Gasteiger partial charge in [-0.15, -0.1) is 0 Å². The van der Waals surface area contributed by atoms with Gasteiger partial charge in [-0.2, -0.15) is 0 Å². The summed E-state index contributed by atoms with van der Waals surface area (Å²) in [6.45, 7) is 3.64. The molecule has 184 valence electrons. The second-order valence-corrected chi connectivity index (χ2v) is 8.18. The lowest BCUT2D eigenvalue weighted by Gasteiger charge is -2.23. The number of carboxylic acid groups (broad SMARTS) is 1. The van der Waals surface area contributed by atoms with E-state index in [0.717, 1.165) is 0 Å². The second kappa shape index (κ2) is 11.0. The Balaban J connectivity index is 1.63. The van der Waals surface area contributed by atoms with E-state index in [4.69, 9.17) is 30.7 Å². The van der Waals surface area contributed by atoms with Crippen LogP contribution >= 0.6 is 11.6 Å². The fourth-order valence-corrected chi connectivity index (χ4v) is 3.83. The van der Waals surface area contributed by atoms with Crippen molar-refractivity contribution in [3.05, 3.63) is 89.1 Å². The Bertz CT molecular complexity index is 1370. The molecule has 0 spiro atoms. The van der Waals surface area contributed by atoms with E-state index in [1.807, 2.05) is 0 Å². The zero-order valence-corrected chi connectivity index (χ0v) is 20.4. The molecule has 0 atom stereocenters. The van der Waals surface area contributed by atoms with Crippen LogP contribution in [0.25, 0.3) is 11.3 Å². The third-order valence-electron chi connectivity index (χ3n) is 5.23. The minimum Gasteiger partial charge on any atom is -0.481 e. The largest absolute Gasteiger partial charge is 0.481 e. The number of halogens is 1. The highest BCUT2D eigenvalue weighted by Gasteiger charge is 2.30. The molecule has 9 heteroatoms. The fourth-order valence-electron chi connectivity index (χ4n) is 3.61. The summed E-state index contributed by atoms with van der Waals surface area (Å²) in [4.78, 5) is 25.2. The molecule has 3 aromatic carbocycles. The monoisotopic (exact) mass is 506 g/mol. The first-order chi connectivity index (χ1) is 17.4. The minimum atomic E-state index is -0.891. The molecule has 0 aliphatic carbocycles. The van der Waals surface area contributed by atoms with Crippen molar-refractivity contribution in [2.45, 2.75) is 20.3 Å². The number of aliphatic carboxylic acids is 1. The van der Waals surface area contributed by atoms with E-state index in [1.165, 1.54) is 4.90 Å². The lowest BCUT2D eigenvalue weighted by atomic mass is 10.1. The Hall–Kier alpha value is -4.30. The number of ether oxygens (including phenoxy) is 2. The maximum atomic E-state index is 13.0. The number of anilines is 2. The van der Waals surface area contributed by atoms with Crippen molar-refractivity contribution in [1.82, 2.24) is 5.16 Å². The molecule has 0 saturated carbocycles. The zero-order valence-electron chi connectivity index (χ0n) is 19.6. The standard InChI is InChI=1S/C27H23ClN2O6/c1-3-34-27(33)30(23-7-5-4-6-22(23)28)25-17(2)29-36-26(25)19-10-14-21(15-11-19)35-20-12-8-18(9-13-20)16-24(31)32/h4-15H,3,16H2,1-2H3,(H,31,32). The fraction of sp³-hybridized carbons (Fsp3) is 0.148. The van der Waals surface area contributed by atoms with Crippen LogP contribution in [0.1, 0.15) is 18.2 Å².